The summed E-state index contributed by atoms with van der Waals surface area (Å²) in [7, 11) is 0. The summed E-state index contributed by atoms with van der Waals surface area (Å²) in [5.74, 6) is -1.44. The number of urea groups is 1. The molecule has 0 radical (unpaired) electrons. The third-order valence-corrected chi connectivity index (χ3v) is 3.37. The Kier molecular flexibility index (Phi) is 4.74. The van der Waals surface area contributed by atoms with Gasteiger partial charge in [-0.3, -0.25) is 0 Å². The Morgan fingerprint density at radius 2 is 2.24 bits per heavy atom. The number of benzene rings is 1. The highest BCUT2D eigenvalue weighted by molar-refractivity contribution is 5.86. The van der Waals surface area contributed by atoms with E-state index in [-0.39, 0.29) is 25.4 Å². The molecule has 2 amide bonds. The number of halogens is 1. The van der Waals surface area contributed by atoms with Gasteiger partial charge in [0, 0.05) is 19.6 Å². The molecule has 21 heavy (non-hydrogen) atoms. The summed E-state index contributed by atoms with van der Waals surface area (Å²) in [6, 6.07) is 5.52. The number of amides is 2. The van der Waals surface area contributed by atoms with Gasteiger partial charge in [-0.1, -0.05) is 12.1 Å². The molecular formula is C14H17FN2O4. The lowest BCUT2D eigenvalue weighted by Gasteiger charge is -2.23. The molecule has 0 spiro atoms. The van der Waals surface area contributed by atoms with E-state index in [2.05, 4.69) is 10.6 Å². The number of aliphatic carboxylic acids is 1. The monoisotopic (exact) mass is 296 g/mol. The molecule has 1 aromatic carbocycles. The Labute approximate surface area is 121 Å². The summed E-state index contributed by atoms with van der Waals surface area (Å²) in [6.07, 6.45) is 0.696. The van der Waals surface area contributed by atoms with Crippen LogP contribution in [0.15, 0.2) is 24.3 Å². The second kappa shape index (κ2) is 6.53. The SMILES string of the molecule is O=C(NCCc1cccc(F)c1)NC1(C(=O)O)CCOC1. The molecule has 1 fully saturated rings. The number of ether oxygens (including phenoxy) is 1. The van der Waals surface area contributed by atoms with Crippen LogP contribution in [0.4, 0.5) is 9.18 Å². The molecular weight excluding hydrogens is 279 g/mol. The third kappa shape index (κ3) is 3.91. The Bertz CT molecular complexity index is 529. The van der Waals surface area contributed by atoms with Crippen LogP contribution < -0.4 is 10.6 Å². The van der Waals surface area contributed by atoms with Gasteiger partial charge in [-0.15, -0.1) is 0 Å². The summed E-state index contributed by atoms with van der Waals surface area (Å²) < 4.78 is 18.0. The topological polar surface area (TPSA) is 87.7 Å². The zero-order chi connectivity index (χ0) is 15.3. The second-order valence-corrected chi connectivity index (χ2v) is 4.95. The van der Waals surface area contributed by atoms with Crippen LogP contribution in [0.2, 0.25) is 0 Å². The predicted octanol–water partition coefficient (Wildman–Crippen LogP) is 0.911. The van der Waals surface area contributed by atoms with Crippen LogP contribution in [-0.2, 0) is 16.0 Å². The highest BCUT2D eigenvalue weighted by Crippen LogP contribution is 2.18. The van der Waals surface area contributed by atoms with Crippen molar-refractivity contribution in [2.75, 3.05) is 19.8 Å². The summed E-state index contributed by atoms with van der Waals surface area (Å²) in [5, 5.41) is 14.2. The van der Waals surface area contributed by atoms with Crippen molar-refractivity contribution in [3.8, 4) is 0 Å². The molecule has 1 aromatic rings. The fourth-order valence-corrected chi connectivity index (χ4v) is 2.16. The van der Waals surface area contributed by atoms with E-state index >= 15 is 0 Å². The number of hydrogen-bond acceptors (Lipinski definition) is 3. The first-order chi connectivity index (χ1) is 10.0. The minimum atomic E-state index is -1.36. The molecule has 1 aliphatic heterocycles. The van der Waals surface area contributed by atoms with Gasteiger partial charge in [0.2, 0.25) is 0 Å². The molecule has 0 saturated carbocycles. The van der Waals surface area contributed by atoms with Gasteiger partial charge in [0.1, 0.15) is 5.82 Å². The van der Waals surface area contributed by atoms with Gasteiger partial charge in [0.15, 0.2) is 5.54 Å². The minimum Gasteiger partial charge on any atom is -0.479 e. The molecule has 1 saturated heterocycles. The molecule has 0 aromatic heterocycles. The van der Waals surface area contributed by atoms with Crippen LogP contribution in [0, 0.1) is 5.82 Å². The summed E-state index contributed by atoms with van der Waals surface area (Å²) >= 11 is 0. The van der Waals surface area contributed by atoms with Crippen LogP contribution in [0.25, 0.3) is 0 Å². The number of nitrogens with one attached hydrogen (secondary N) is 2. The van der Waals surface area contributed by atoms with Crippen LogP contribution in [0.1, 0.15) is 12.0 Å². The predicted molar refractivity (Wildman–Crippen MR) is 72.4 cm³/mol. The van der Waals surface area contributed by atoms with Gasteiger partial charge < -0.3 is 20.5 Å². The molecule has 0 aliphatic carbocycles. The van der Waals surface area contributed by atoms with Crippen LogP contribution in [0.5, 0.6) is 0 Å². The first kappa shape index (κ1) is 15.2. The van der Waals surface area contributed by atoms with Gasteiger partial charge in [0.25, 0.3) is 0 Å². The fraction of sp³-hybridized carbons (Fsp3) is 0.429. The summed E-state index contributed by atoms with van der Waals surface area (Å²) in [6.45, 7) is 0.543. The van der Waals surface area contributed by atoms with Gasteiger partial charge in [0.05, 0.1) is 6.61 Å². The summed E-state index contributed by atoms with van der Waals surface area (Å²) in [5.41, 5.74) is -0.601. The van der Waals surface area contributed by atoms with Crippen molar-refractivity contribution in [3.63, 3.8) is 0 Å². The second-order valence-electron chi connectivity index (χ2n) is 4.95. The van der Waals surface area contributed by atoms with E-state index in [1.165, 1.54) is 12.1 Å². The first-order valence-corrected chi connectivity index (χ1v) is 6.63. The lowest BCUT2D eigenvalue weighted by Crippen LogP contribution is -2.57. The molecule has 0 bridgehead atoms. The number of carbonyl (C=O) groups is 2. The average molecular weight is 296 g/mol. The van der Waals surface area contributed by atoms with E-state index in [1.807, 2.05) is 0 Å². The maximum atomic E-state index is 13.0. The molecule has 1 heterocycles. The Balaban J connectivity index is 1.81. The van der Waals surface area contributed by atoms with E-state index in [9.17, 15) is 19.1 Å². The van der Waals surface area contributed by atoms with E-state index in [1.54, 1.807) is 12.1 Å². The van der Waals surface area contributed by atoms with Crippen molar-refractivity contribution in [2.45, 2.75) is 18.4 Å². The fourth-order valence-electron chi connectivity index (χ4n) is 2.16. The third-order valence-electron chi connectivity index (χ3n) is 3.37. The lowest BCUT2D eigenvalue weighted by atomic mass is 9.99. The molecule has 3 N–H and O–H groups in total. The van der Waals surface area contributed by atoms with Crippen LogP contribution in [-0.4, -0.2) is 42.4 Å². The molecule has 1 atom stereocenters. The molecule has 114 valence electrons. The minimum absolute atomic E-state index is 0.0420. The number of rotatable bonds is 5. The van der Waals surface area contributed by atoms with Gasteiger partial charge in [-0.25, -0.2) is 14.0 Å². The largest absolute Gasteiger partial charge is 0.479 e. The normalized spacial score (nSPS) is 21.0. The van der Waals surface area contributed by atoms with E-state index < -0.39 is 17.5 Å². The number of carboxylic acid groups (broad SMARTS) is 1. The Morgan fingerprint density at radius 1 is 1.43 bits per heavy atom. The highest BCUT2D eigenvalue weighted by Gasteiger charge is 2.43. The van der Waals surface area contributed by atoms with Crippen molar-refractivity contribution in [3.05, 3.63) is 35.6 Å². The Morgan fingerprint density at radius 3 is 2.86 bits per heavy atom. The van der Waals surface area contributed by atoms with E-state index in [4.69, 9.17) is 4.74 Å². The van der Waals surface area contributed by atoms with Crippen molar-refractivity contribution in [2.24, 2.45) is 0 Å². The maximum absolute atomic E-state index is 13.0. The maximum Gasteiger partial charge on any atom is 0.332 e. The smallest absolute Gasteiger partial charge is 0.332 e. The zero-order valence-electron chi connectivity index (χ0n) is 11.4. The van der Waals surface area contributed by atoms with E-state index in [0.717, 1.165) is 5.56 Å². The number of hydrogen-bond donors (Lipinski definition) is 3. The van der Waals surface area contributed by atoms with E-state index in [0.29, 0.717) is 13.0 Å². The van der Waals surface area contributed by atoms with Crippen molar-refractivity contribution >= 4 is 12.0 Å². The van der Waals surface area contributed by atoms with Crippen molar-refractivity contribution < 1.29 is 23.8 Å². The zero-order valence-corrected chi connectivity index (χ0v) is 11.4. The first-order valence-electron chi connectivity index (χ1n) is 6.63. The van der Waals surface area contributed by atoms with Gasteiger partial charge >= 0.3 is 12.0 Å². The molecule has 2 rings (SSSR count). The highest BCUT2D eigenvalue weighted by atomic mass is 19.1. The van der Waals surface area contributed by atoms with Crippen molar-refractivity contribution in [1.82, 2.24) is 10.6 Å². The number of carboxylic acids is 1. The molecule has 1 unspecified atom stereocenters. The Hall–Kier alpha value is -2.15. The van der Waals surface area contributed by atoms with Crippen LogP contribution >= 0.6 is 0 Å². The quantitative estimate of drug-likeness (QED) is 0.753. The van der Waals surface area contributed by atoms with Crippen molar-refractivity contribution in [1.29, 1.82) is 0 Å². The lowest BCUT2D eigenvalue weighted by molar-refractivity contribution is -0.144. The molecule has 6 nitrogen and oxygen atoms in total. The number of carbonyl (C=O) groups excluding carboxylic acids is 1. The van der Waals surface area contributed by atoms with Gasteiger partial charge in [-0.2, -0.15) is 0 Å². The average Bonchev–Trinajstić information content (AvgIpc) is 2.88. The molecule has 7 heteroatoms. The molecule has 1 aliphatic rings. The summed E-state index contributed by atoms with van der Waals surface area (Å²) in [4.78, 5) is 23.0. The van der Waals surface area contributed by atoms with Crippen LogP contribution in [0.3, 0.4) is 0 Å². The standard InChI is InChI=1S/C14H17FN2O4/c15-11-3-1-2-10(8-11)4-6-16-13(20)17-14(12(18)19)5-7-21-9-14/h1-3,8H,4-7,9H2,(H,18,19)(H2,16,17,20). The van der Waals surface area contributed by atoms with Gasteiger partial charge in [-0.05, 0) is 24.1 Å².